The third-order valence-corrected chi connectivity index (χ3v) is 9.57. The quantitative estimate of drug-likeness (QED) is 0.0987. The lowest BCUT2D eigenvalue weighted by molar-refractivity contribution is -0.384. The van der Waals surface area contributed by atoms with E-state index in [-0.39, 0.29) is 33.5 Å². The predicted octanol–water partition coefficient (Wildman–Crippen LogP) is 5.32. The zero-order valence-corrected chi connectivity index (χ0v) is 26.1. The van der Waals surface area contributed by atoms with Crippen LogP contribution >= 0.6 is 23.1 Å². The summed E-state index contributed by atoms with van der Waals surface area (Å²) in [6.07, 6.45) is 1.61. The lowest BCUT2D eigenvalue weighted by Gasteiger charge is -2.28. The van der Waals surface area contributed by atoms with Crippen LogP contribution < -0.4 is 15.8 Å². The van der Waals surface area contributed by atoms with Crippen molar-refractivity contribution in [1.82, 2.24) is 14.3 Å². The highest BCUT2D eigenvalue weighted by Crippen LogP contribution is 2.33. The average Bonchev–Trinajstić information content (AvgIpc) is 3.56. The molecular weight excluding hydrogens is 615 g/mol. The van der Waals surface area contributed by atoms with Crippen molar-refractivity contribution in [2.24, 2.45) is 12.0 Å². The first-order valence-corrected chi connectivity index (χ1v) is 15.9. The Bertz CT molecular complexity index is 1980. The van der Waals surface area contributed by atoms with E-state index in [1.165, 1.54) is 33.8 Å². The van der Waals surface area contributed by atoms with Crippen LogP contribution in [0.3, 0.4) is 0 Å². The number of nitrogens with zero attached hydrogens (tertiary/aromatic N) is 6. The molecule has 1 amide bonds. The number of nitrogens with one attached hydrogen (secondary N) is 1. The fourth-order valence-corrected chi connectivity index (χ4v) is 6.94. The molecule has 1 fully saturated rings. The van der Waals surface area contributed by atoms with Crippen LogP contribution in [0.15, 0.2) is 80.9 Å². The van der Waals surface area contributed by atoms with Gasteiger partial charge in [-0.1, -0.05) is 36.0 Å². The molecule has 1 aliphatic rings. The maximum atomic E-state index is 13.1. The van der Waals surface area contributed by atoms with Gasteiger partial charge in [0.2, 0.25) is 5.91 Å². The number of hydrogen-bond donors (Lipinski definition) is 1. The molecule has 0 unspecified atom stereocenters. The van der Waals surface area contributed by atoms with E-state index in [1.54, 1.807) is 30.9 Å². The fraction of sp³-hybridized carbons (Fsp3) is 0.226. The zero-order chi connectivity index (χ0) is 31.5. The highest BCUT2D eigenvalue weighted by molar-refractivity contribution is 8.01. The van der Waals surface area contributed by atoms with E-state index < -0.39 is 0 Å². The number of thiazole rings is 1. The fourth-order valence-electron chi connectivity index (χ4n) is 5.04. The number of carbonyl (C=O) groups excluding carboxylic acids is 1. The highest BCUT2D eigenvalue weighted by Gasteiger charge is 2.22. The van der Waals surface area contributed by atoms with Gasteiger partial charge in [0.1, 0.15) is 11.4 Å². The number of morpholine rings is 1. The average molecular weight is 644 g/mol. The van der Waals surface area contributed by atoms with Gasteiger partial charge in [0.15, 0.2) is 4.34 Å². The Balaban J connectivity index is 1.12. The molecule has 0 radical (unpaired) electrons. The Hall–Kier alpha value is -4.79. The first kappa shape index (κ1) is 30.2. The van der Waals surface area contributed by atoms with Crippen LogP contribution in [-0.4, -0.2) is 63.4 Å². The lowest BCUT2D eigenvalue weighted by atomic mass is 10.1. The summed E-state index contributed by atoms with van der Waals surface area (Å²) in [5, 5.41) is 14.6. The number of thioether (sulfide) groups is 1. The van der Waals surface area contributed by atoms with E-state index in [2.05, 4.69) is 15.3 Å². The molecule has 0 spiro atoms. The number of aromatic nitrogens is 3. The first-order chi connectivity index (χ1) is 21.8. The highest BCUT2D eigenvalue weighted by atomic mass is 32.2. The Morgan fingerprint density at radius 3 is 2.69 bits per heavy atom. The second kappa shape index (κ2) is 13.1. The lowest BCUT2D eigenvalue weighted by Crippen LogP contribution is -2.36. The van der Waals surface area contributed by atoms with Gasteiger partial charge in [-0.3, -0.25) is 29.4 Å². The van der Waals surface area contributed by atoms with Gasteiger partial charge in [0.05, 0.1) is 51.2 Å². The molecule has 6 rings (SSSR count). The van der Waals surface area contributed by atoms with E-state index in [1.807, 2.05) is 59.5 Å². The summed E-state index contributed by atoms with van der Waals surface area (Å²) in [5.41, 5.74) is 4.00. The molecular formula is C31H29N7O5S2. The van der Waals surface area contributed by atoms with Gasteiger partial charge >= 0.3 is 0 Å². The maximum absolute atomic E-state index is 13.1. The number of nitro groups is 1. The summed E-state index contributed by atoms with van der Waals surface area (Å²) < 4.78 is 10.2. The smallest absolute Gasteiger partial charge is 0.295 e. The summed E-state index contributed by atoms with van der Waals surface area (Å²) in [5.74, 6) is -0.215. The minimum Gasteiger partial charge on any atom is -0.378 e. The normalized spacial score (nSPS) is 13.5. The summed E-state index contributed by atoms with van der Waals surface area (Å²) in [7, 11) is 1.78. The number of rotatable bonds is 9. The van der Waals surface area contributed by atoms with Crippen molar-refractivity contribution in [2.45, 2.75) is 11.3 Å². The van der Waals surface area contributed by atoms with Gasteiger partial charge in [0, 0.05) is 32.4 Å². The predicted molar refractivity (Wildman–Crippen MR) is 178 cm³/mol. The van der Waals surface area contributed by atoms with Crippen molar-refractivity contribution >= 4 is 68.2 Å². The van der Waals surface area contributed by atoms with Crippen LogP contribution in [-0.2, 0) is 16.6 Å². The molecule has 12 nitrogen and oxygen atoms in total. The topological polar surface area (TPSA) is 137 Å². The molecule has 0 bridgehead atoms. The first-order valence-electron chi connectivity index (χ1n) is 14.1. The number of fused-ring (bicyclic) bond motifs is 1. The van der Waals surface area contributed by atoms with Crippen molar-refractivity contribution in [3.63, 3.8) is 0 Å². The van der Waals surface area contributed by atoms with Gasteiger partial charge in [-0.15, -0.1) is 11.3 Å². The molecule has 0 atom stereocenters. The summed E-state index contributed by atoms with van der Waals surface area (Å²) in [6, 6.07) is 19.9. The summed E-state index contributed by atoms with van der Waals surface area (Å²) >= 11 is 2.73. The van der Waals surface area contributed by atoms with Crippen molar-refractivity contribution in [2.75, 3.05) is 42.3 Å². The van der Waals surface area contributed by atoms with Gasteiger partial charge in [-0.2, -0.15) is 0 Å². The number of para-hydroxylation sites is 1. The molecule has 0 aliphatic carbocycles. The van der Waals surface area contributed by atoms with Gasteiger partial charge in [-0.05, 0) is 48.9 Å². The number of amides is 1. The van der Waals surface area contributed by atoms with Gasteiger partial charge in [-0.25, -0.2) is 9.67 Å². The SMILES string of the molecule is Cc1c(NC(=O)CSc2nc3ccc(N=Cc4ccc(N5CCOCC5)c([N+](=O)[O-])c4)cc3s2)c(=O)n(-c2ccccc2)n1C. The van der Waals surface area contributed by atoms with Crippen molar-refractivity contribution in [3.05, 3.63) is 98.5 Å². The van der Waals surface area contributed by atoms with E-state index in [0.717, 1.165) is 10.2 Å². The number of benzene rings is 3. The standard InChI is InChI=1S/C31H29N7O5S2/c1-20-29(30(40)37(35(20)2)23-6-4-3-5-7-23)34-28(39)19-44-31-33-24-10-9-22(17-27(24)45-31)32-18-21-8-11-25(26(16-21)38(41)42)36-12-14-43-15-13-36/h3-11,16-18H,12-15,19H2,1-2H3,(H,34,39). The van der Waals surface area contributed by atoms with Crippen LogP contribution in [0.1, 0.15) is 11.3 Å². The molecule has 5 aromatic rings. The molecule has 1 N–H and O–H groups in total. The van der Waals surface area contributed by atoms with Crippen LogP contribution in [0.2, 0.25) is 0 Å². The van der Waals surface area contributed by atoms with Crippen molar-refractivity contribution < 1.29 is 14.5 Å². The molecule has 2 aromatic heterocycles. The second-order valence-corrected chi connectivity index (χ2v) is 12.5. The largest absolute Gasteiger partial charge is 0.378 e. The van der Waals surface area contributed by atoms with Crippen LogP contribution in [0.4, 0.5) is 22.7 Å². The Morgan fingerprint density at radius 2 is 1.93 bits per heavy atom. The Morgan fingerprint density at radius 1 is 1.16 bits per heavy atom. The molecule has 0 saturated carbocycles. The van der Waals surface area contributed by atoms with E-state index in [0.29, 0.717) is 59.0 Å². The minimum atomic E-state index is -0.369. The third kappa shape index (κ3) is 6.53. The number of aliphatic imine (C=N–C) groups is 1. The molecule has 1 aliphatic heterocycles. The van der Waals surface area contributed by atoms with Crippen molar-refractivity contribution in [3.8, 4) is 5.69 Å². The number of hydrogen-bond acceptors (Lipinski definition) is 10. The van der Waals surface area contributed by atoms with E-state index >= 15 is 0 Å². The van der Waals surface area contributed by atoms with Crippen LogP contribution in [0, 0.1) is 17.0 Å². The third-order valence-electron chi connectivity index (χ3n) is 7.41. The molecule has 3 aromatic carbocycles. The van der Waals surface area contributed by atoms with Gasteiger partial charge < -0.3 is 15.0 Å². The monoisotopic (exact) mass is 643 g/mol. The summed E-state index contributed by atoms with van der Waals surface area (Å²) in [6.45, 7) is 4.09. The molecule has 45 heavy (non-hydrogen) atoms. The molecule has 14 heteroatoms. The zero-order valence-electron chi connectivity index (χ0n) is 24.5. The van der Waals surface area contributed by atoms with Crippen LogP contribution in [0.5, 0.6) is 0 Å². The second-order valence-electron chi connectivity index (χ2n) is 10.3. The van der Waals surface area contributed by atoms with E-state index in [4.69, 9.17) is 4.74 Å². The van der Waals surface area contributed by atoms with Crippen molar-refractivity contribution in [1.29, 1.82) is 0 Å². The molecule has 3 heterocycles. The van der Waals surface area contributed by atoms with Gasteiger partial charge in [0.25, 0.3) is 11.2 Å². The molecule has 1 saturated heterocycles. The van der Waals surface area contributed by atoms with E-state index in [9.17, 15) is 19.7 Å². The minimum absolute atomic E-state index is 0.0359. The summed E-state index contributed by atoms with van der Waals surface area (Å²) in [4.78, 5) is 48.5. The number of nitro benzene ring substituents is 1. The Kier molecular flexibility index (Phi) is 8.78. The maximum Gasteiger partial charge on any atom is 0.295 e. The number of anilines is 2. The van der Waals surface area contributed by atoms with Crippen LogP contribution in [0.25, 0.3) is 15.9 Å². The molecule has 230 valence electrons. The Labute approximate surface area is 266 Å². The number of carbonyl (C=O) groups is 1. The number of ether oxygens (including phenoxy) is 1.